The van der Waals surface area contributed by atoms with E-state index in [0.29, 0.717) is 12.2 Å². The Hall–Kier alpha value is -1.88. The molecule has 0 saturated carbocycles. The molecule has 0 saturated heterocycles. The van der Waals surface area contributed by atoms with Gasteiger partial charge >= 0.3 is 0 Å². The van der Waals surface area contributed by atoms with E-state index in [0.717, 1.165) is 24.1 Å². The molecule has 1 heterocycles. The average Bonchev–Trinajstić information content (AvgIpc) is 2.75. The molecule has 0 aliphatic carbocycles. The van der Waals surface area contributed by atoms with Crippen LogP contribution in [0.1, 0.15) is 30.3 Å². The van der Waals surface area contributed by atoms with Gasteiger partial charge in [-0.15, -0.1) is 5.10 Å². The molecule has 5 nitrogen and oxygen atoms in total. The predicted octanol–water partition coefficient (Wildman–Crippen LogP) is 1.48. The van der Waals surface area contributed by atoms with E-state index < -0.39 is 0 Å². The zero-order valence-corrected chi connectivity index (χ0v) is 10.4. The summed E-state index contributed by atoms with van der Waals surface area (Å²) in [7, 11) is 0. The summed E-state index contributed by atoms with van der Waals surface area (Å²) in [6.07, 6.45) is 1.83. The first-order valence-corrected chi connectivity index (χ1v) is 6.04. The topological polar surface area (TPSA) is 71.2 Å². The number of rotatable bonds is 5. The molecule has 0 fully saturated rings. The fourth-order valence-corrected chi connectivity index (χ4v) is 1.90. The lowest BCUT2D eigenvalue weighted by atomic mass is 10.2. The largest absolute Gasteiger partial charge is 0.508 e. The van der Waals surface area contributed by atoms with Crippen LogP contribution in [0.3, 0.4) is 0 Å². The SMILES string of the molecule is CCCc1c(CO)nnn1Cc1ccc(O)cc1. The number of benzene rings is 1. The maximum atomic E-state index is 9.24. The van der Waals surface area contributed by atoms with Crippen molar-refractivity contribution in [3.8, 4) is 5.75 Å². The molecule has 2 rings (SSSR count). The van der Waals surface area contributed by atoms with Gasteiger partial charge < -0.3 is 10.2 Å². The lowest BCUT2D eigenvalue weighted by Crippen LogP contribution is -2.07. The van der Waals surface area contributed by atoms with Crippen LogP contribution in [0.15, 0.2) is 24.3 Å². The van der Waals surface area contributed by atoms with Crippen molar-refractivity contribution in [1.82, 2.24) is 15.0 Å². The van der Waals surface area contributed by atoms with Gasteiger partial charge in [-0.3, -0.25) is 0 Å². The summed E-state index contributed by atoms with van der Waals surface area (Å²) in [5, 5.41) is 26.5. The van der Waals surface area contributed by atoms with Gasteiger partial charge in [0.2, 0.25) is 0 Å². The number of aliphatic hydroxyl groups excluding tert-OH is 1. The number of aliphatic hydroxyl groups is 1. The Balaban J connectivity index is 2.22. The Morgan fingerprint density at radius 1 is 1.22 bits per heavy atom. The van der Waals surface area contributed by atoms with E-state index in [9.17, 15) is 10.2 Å². The molecule has 1 aromatic carbocycles. The fourth-order valence-electron chi connectivity index (χ4n) is 1.90. The molecule has 0 bridgehead atoms. The quantitative estimate of drug-likeness (QED) is 0.839. The van der Waals surface area contributed by atoms with E-state index >= 15 is 0 Å². The Labute approximate surface area is 106 Å². The number of phenols is 1. The van der Waals surface area contributed by atoms with E-state index in [1.54, 1.807) is 16.8 Å². The van der Waals surface area contributed by atoms with Crippen LogP contribution >= 0.6 is 0 Å². The molecule has 96 valence electrons. The van der Waals surface area contributed by atoms with E-state index in [4.69, 9.17) is 0 Å². The van der Waals surface area contributed by atoms with Crippen LogP contribution in [-0.2, 0) is 19.6 Å². The van der Waals surface area contributed by atoms with Gasteiger partial charge in [-0.05, 0) is 24.1 Å². The third-order valence-corrected chi connectivity index (χ3v) is 2.82. The second-order valence-electron chi connectivity index (χ2n) is 4.22. The van der Waals surface area contributed by atoms with Crippen molar-refractivity contribution in [3.05, 3.63) is 41.2 Å². The van der Waals surface area contributed by atoms with Gasteiger partial charge in [-0.1, -0.05) is 30.7 Å². The minimum absolute atomic E-state index is 0.0785. The molecule has 2 N–H and O–H groups in total. The van der Waals surface area contributed by atoms with E-state index in [1.807, 2.05) is 12.1 Å². The number of hydrogen-bond acceptors (Lipinski definition) is 4. The van der Waals surface area contributed by atoms with Crippen LogP contribution in [0.4, 0.5) is 0 Å². The maximum Gasteiger partial charge on any atom is 0.115 e. The van der Waals surface area contributed by atoms with Gasteiger partial charge in [0.25, 0.3) is 0 Å². The van der Waals surface area contributed by atoms with Gasteiger partial charge in [-0.2, -0.15) is 0 Å². The van der Waals surface area contributed by atoms with Crippen molar-refractivity contribution in [1.29, 1.82) is 0 Å². The molecule has 5 heteroatoms. The number of hydrogen-bond donors (Lipinski definition) is 2. The summed E-state index contributed by atoms with van der Waals surface area (Å²) in [4.78, 5) is 0. The minimum atomic E-state index is -0.0785. The van der Waals surface area contributed by atoms with E-state index in [2.05, 4.69) is 17.2 Å². The zero-order valence-electron chi connectivity index (χ0n) is 10.4. The van der Waals surface area contributed by atoms with Crippen LogP contribution in [-0.4, -0.2) is 25.2 Å². The highest BCUT2D eigenvalue weighted by Gasteiger charge is 2.11. The number of aromatic nitrogens is 3. The Kier molecular flexibility index (Phi) is 3.94. The first-order chi connectivity index (χ1) is 8.74. The summed E-state index contributed by atoms with van der Waals surface area (Å²) in [5.41, 5.74) is 2.67. The molecule has 2 aromatic rings. The molecule has 1 aromatic heterocycles. The van der Waals surface area contributed by atoms with E-state index in [-0.39, 0.29) is 12.4 Å². The lowest BCUT2D eigenvalue weighted by Gasteiger charge is -2.06. The summed E-state index contributed by atoms with van der Waals surface area (Å²) in [6.45, 7) is 2.60. The molecule has 0 amide bonds. The normalized spacial score (nSPS) is 10.8. The smallest absolute Gasteiger partial charge is 0.115 e. The molecule has 18 heavy (non-hydrogen) atoms. The lowest BCUT2D eigenvalue weighted by molar-refractivity contribution is 0.275. The van der Waals surface area contributed by atoms with Crippen LogP contribution in [0, 0.1) is 0 Å². The Morgan fingerprint density at radius 2 is 1.94 bits per heavy atom. The number of phenolic OH excluding ortho intramolecular Hbond substituents is 1. The first-order valence-electron chi connectivity index (χ1n) is 6.04. The predicted molar refractivity (Wildman–Crippen MR) is 67.1 cm³/mol. The van der Waals surface area contributed by atoms with Crippen molar-refractivity contribution in [3.63, 3.8) is 0 Å². The van der Waals surface area contributed by atoms with Crippen LogP contribution < -0.4 is 0 Å². The molecular weight excluding hydrogens is 230 g/mol. The van der Waals surface area contributed by atoms with Crippen molar-refractivity contribution < 1.29 is 10.2 Å². The Morgan fingerprint density at radius 3 is 2.56 bits per heavy atom. The highest BCUT2D eigenvalue weighted by atomic mass is 16.3. The molecule has 0 atom stereocenters. The average molecular weight is 247 g/mol. The maximum absolute atomic E-state index is 9.24. The van der Waals surface area contributed by atoms with Gasteiger partial charge in [0.05, 0.1) is 18.8 Å². The van der Waals surface area contributed by atoms with Crippen molar-refractivity contribution in [2.24, 2.45) is 0 Å². The monoisotopic (exact) mass is 247 g/mol. The third kappa shape index (κ3) is 2.68. The van der Waals surface area contributed by atoms with Gasteiger partial charge in [0.1, 0.15) is 11.4 Å². The minimum Gasteiger partial charge on any atom is -0.508 e. The summed E-state index contributed by atoms with van der Waals surface area (Å²) < 4.78 is 1.81. The Bertz CT molecular complexity index is 505. The summed E-state index contributed by atoms with van der Waals surface area (Å²) >= 11 is 0. The first kappa shape index (κ1) is 12.6. The number of aromatic hydroxyl groups is 1. The highest BCUT2D eigenvalue weighted by Crippen LogP contribution is 2.14. The molecule has 0 spiro atoms. The summed E-state index contributed by atoms with van der Waals surface area (Å²) in [6, 6.07) is 7.01. The van der Waals surface area contributed by atoms with Crippen molar-refractivity contribution in [2.45, 2.75) is 32.9 Å². The van der Waals surface area contributed by atoms with E-state index in [1.165, 1.54) is 0 Å². The number of nitrogens with zero attached hydrogens (tertiary/aromatic N) is 3. The molecule has 0 unspecified atom stereocenters. The molecule has 0 radical (unpaired) electrons. The van der Waals surface area contributed by atoms with Gasteiger partial charge in [0, 0.05) is 0 Å². The van der Waals surface area contributed by atoms with Crippen molar-refractivity contribution in [2.75, 3.05) is 0 Å². The fraction of sp³-hybridized carbons (Fsp3) is 0.385. The second-order valence-corrected chi connectivity index (χ2v) is 4.22. The molecule has 0 aliphatic rings. The third-order valence-electron chi connectivity index (χ3n) is 2.82. The second kappa shape index (κ2) is 5.64. The molecular formula is C13H17N3O2. The highest BCUT2D eigenvalue weighted by molar-refractivity contribution is 5.26. The standard InChI is InChI=1S/C13H17N3O2/c1-2-3-13-12(9-17)14-15-16(13)8-10-4-6-11(18)7-5-10/h4-7,17-18H,2-3,8-9H2,1H3. The van der Waals surface area contributed by atoms with Crippen LogP contribution in [0.25, 0.3) is 0 Å². The van der Waals surface area contributed by atoms with Crippen LogP contribution in [0.5, 0.6) is 5.75 Å². The van der Waals surface area contributed by atoms with Gasteiger partial charge in [-0.25, -0.2) is 4.68 Å². The van der Waals surface area contributed by atoms with Crippen molar-refractivity contribution >= 4 is 0 Å². The molecule has 0 aliphatic heterocycles. The van der Waals surface area contributed by atoms with Crippen LogP contribution in [0.2, 0.25) is 0 Å². The van der Waals surface area contributed by atoms with Gasteiger partial charge in [0.15, 0.2) is 0 Å². The zero-order chi connectivity index (χ0) is 13.0. The summed E-state index contributed by atoms with van der Waals surface area (Å²) in [5.74, 6) is 0.252.